The fraction of sp³-hybridized carbons (Fsp3) is 0.364. The van der Waals surface area contributed by atoms with Gasteiger partial charge >= 0.3 is 5.97 Å². The third-order valence-electron chi connectivity index (χ3n) is 2.25. The molecule has 0 heterocycles. The van der Waals surface area contributed by atoms with Gasteiger partial charge < -0.3 is 14.8 Å². The van der Waals surface area contributed by atoms with Crippen molar-refractivity contribution < 1.29 is 14.7 Å². The number of nitrogens with zero attached hydrogens (tertiary/aromatic N) is 1. The standard InChI is InChI=1S/C11H16N2O3/c1-13(2)10-5-4-8(11(14)16-3)6-9(10)7-12-15/h4-6,12,15H,7H2,1-3H3. The Morgan fingerprint density at radius 1 is 1.50 bits per heavy atom. The zero-order valence-corrected chi connectivity index (χ0v) is 9.65. The Labute approximate surface area is 94.6 Å². The third-order valence-corrected chi connectivity index (χ3v) is 2.25. The van der Waals surface area contributed by atoms with E-state index in [1.807, 2.05) is 25.1 Å². The molecule has 0 aromatic heterocycles. The lowest BCUT2D eigenvalue weighted by Gasteiger charge is -2.17. The molecule has 88 valence electrons. The van der Waals surface area contributed by atoms with Gasteiger partial charge in [0.1, 0.15) is 0 Å². The average molecular weight is 224 g/mol. The quantitative estimate of drug-likeness (QED) is 0.590. The minimum absolute atomic E-state index is 0.276. The van der Waals surface area contributed by atoms with Gasteiger partial charge in [-0.2, -0.15) is 0 Å². The van der Waals surface area contributed by atoms with Crippen LogP contribution < -0.4 is 10.4 Å². The van der Waals surface area contributed by atoms with Gasteiger partial charge in [0, 0.05) is 26.3 Å². The minimum atomic E-state index is -0.385. The van der Waals surface area contributed by atoms with Crippen molar-refractivity contribution in [2.75, 3.05) is 26.1 Å². The average Bonchev–Trinajstić information content (AvgIpc) is 2.28. The van der Waals surface area contributed by atoms with Crippen LogP contribution in [0, 0.1) is 0 Å². The molecular formula is C11H16N2O3. The molecule has 0 spiro atoms. The van der Waals surface area contributed by atoms with Gasteiger partial charge in [0.2, 0.25) is 0 Å². The summed E-state index contributed by atoms with van der Waals surface area (Å²) in [5.74, 6) is -0.385. The van der Waals surface area contributed by atoms with Crippen molar-refractivity contribution >= 4 is 11.7 Å². The molecule has 0 aliphatic heterocycles. The molecule has 0 aliphatic carbocycles. The van der Waals surface area contributed by atoms with Crippen LogP contribution in [0.4, 0.5) is 5.69 Å². The first-order valence-corrected chi connectivity index (χ1v) is 4.85. The Kier molecular flexibility index (Phi) is 4.28. The van der Waals surface area contributed by atoms with Crippen molar-refractivity contribution in [1.29, 1.82) is 0 Å². The number of benzene rings is 1. The summed E-state index contributed by atoms with van der Waals surface area (Å²) in [6.45, 7) is 0.276. The van der Waals surface area contributed by atoms with Gasteiger partial charge in [-0.15, -0.1) is 0 Å². The van der Waals surface area contributed by atoms with E-state index >= 15 is 0 Å². The molecule has 0 bridgehead atoms. The maximum atomic E-state index is 11.3. The highest BCUT2D eigenvalue weighted by Crippen LogP contribution is 2.20. The topological polar surface area (TPSA) is 61.8 Å². The van der Waals surface area contributed by atoms with Crippen LogP contribution in [0.15, 0.2) is 18.2 Å². The lowest BCUT2D eigenvalue weighted by atomic mass is 10.1. The van der Waals surface area contributed by atoms with E-state index in [1.165, 1.54) is 7.11 Å². The van der Waals surface area contributed by atoms with Crippen LogP contribution in [-0.4, -0.2) is 32.4 Å². The molecule has 1 rings (SSSR count). The first-order valence-electron chi connectivity index (χ1n) is 4.85. The van der Waals surface area contributed by atoms with Crippen LogP contribution >= 0.6 is 0 Å². The number of rotatable bonds is 4. The van der Waals surface area contributed by atoms with Crippen LogP contribution in [0.5, 0.6) is 0 Å². The summed E-state index contributed by atoms with van der Waals surface area (Å²) < 4.78 is 4.63. The number of hydrogen-bond donors (Lipinski definition) is 2. The van der Waals surface area contributed by atoms with E-state index in [1.54, 1.807) is 12.1 Å². The largest absolute Gasteiger partial charge is 0.465 e. The zero-order valence-electron chi connectivity index (χ0n) is 9.65. The van der Waals surface area contributed by atoms with Crippen LogP contribution in [0.3, 0.4) is 0 Å². The second-order valence-corrected chi connectivity index (χ2v) is 3.56. The summed E-state index contributed by atoms with van der Waals surface area (Å²) in [6.07, 6.45) is 0. The van der Waals surface area contributed by atoms with Gasteiger partial charge in [0.05, 0.1) is 12.7 Å². The number of nitrogens with one attached hydrogen (secondary N) is 1. The molecule has 2 N–H and O–H groups in total. The molecule has 1 aromatic carbocycles. The highest BCUT2D eigenvalue weighted by atomic mass is 16.5. The lowest BCUT2D eigenvalue weighted by molar-refractivity contribution is 0.0600. The van der Waals surface area contributed by atoms with Crippen molar-refractivity contribution in [3.8, 4) is 0 Å². The summed E-state index contributed by atoms with van der Waals surface area (Å²) >= 11 is 0. The smallest absolute Gasteiger partial charge is 0.337 e. The van der Waals surface area contributed by atoms with E-state index in [9.17, 15) is 4.79 Å². The lowest BCUT2D eigenvalue weighted by Crippen LogP contribution is -2.16. The maximum Gasteiger partial charge on any atom is 0.337 e. The van der Waals surface area contributed by atoms with Crippen molar-refractivity contribution in [3.63, 3.8) is 0 Å². The first kappa shape index (κ1) is 12.5. The van der Waals surface area contributed by atoms with Crippen LogP contribution in [0.25, 0.3) is 0 Å². The fourth-order valence-electron chi connectivity index (χ4n) is 1.49. The van der Waals surface area contributed by atoms with Gasteiger partial charge in [-0.1, -0.05) is 0 Å². The van der Waals surface area contributed by atoms with Crippen molar-refractivity contribution in [2.45, 2.75) is 6.54 Å². The fourth-order valence-corrected chi connectivity index (χ4v) is 1.49. The van der Waals surface area contributed by atoms with E-state index in [4.69, 9.17) is 5.21 Å². The maximum absolute atomic E-state index is 11.3. The molecule has 1 aromatic rings. The molecule has 0 amide bonds. The minimum Gasteiger partial charge on any atom is -0.465 e. The van der Waals surface area contributed by atoms with Crippen molar-refractivity contribution in [2.24, 2.45) is 0 Å². The third kappa shape index (κ3) is 2.71. The molecule has 0 unspecified atom stereocenters. The predicted molar refractivity (Wildman–Crippen MR) is 60.7 cm³/mol. The molecular weight excluding hydrogens is 208 g/mol. The normalized spacial score (nSPS) is 10.0. The number of ether oxygens (including phenoxy) is 1. The van der Waals surface area contributed by atoms with Crippen molar-refractivity contribution in [1.82, 2.24) is 5.48 Å². The van der Waals surface area contributed by atoms with Gasteiger partial charge in [-0.25, -0.2) is 10.3 Å². The van der Waals surface area contributed by atoms with E-state index in [0.717, 1.165) is 11.3 Å². The molecule has 5 heteroatoms. The number of hydroxylamine groups is 1. The zero-order chi connectivity index (χ0) is 12.1. The highest BCUT2D eigenvalue weighted by Gasteiger charge is 2.10. The number of hydrogen-bond acceptors (Lipinski definition) is 5. The molecule has 0 radical (unpaired) electrons. The highest BCUT2D eigenvalue weighted by molar-refractivity contribution is 5.90. The van der Waals surface area contributed by atoms with Crippen LogP contribution in [0.1, 0.15) is 15.9 Å². The van der Waals surface area contributed by atoms with E-state index in [0.29, 0.717) is 5.56 Å². The second kappa shape index (κ2) is 5.48. The van der Waals surface area contributed by atoms with Crippen molar-refractivity contribution in [3.05, 3.63) is 29.3 Å². The molecule has 0 saturated carbocycles. The molecule has 0 atom stereocenters. The number of anilines is 1. The van der Waals surface area contributed by atoms with E-state index < -0.39 is 0 Å². The summed E-state index contributed by atoms with van der Waals surface area (Å²) in [4.78, 5) is 13.2. The molecule has 0 aliphatic rings. The number of esters is 1. The number of carbonyl (C=O) groups excluding carboxylic acids is 1. The van der Waals surface area contributed by atoms with Gasteiger partial charge in [0.15, 0.2) is 0 Å². The monoisotopic (exact) mass is 224 g/mol. The number of methoxy groups -OCH3 is 1. The summed E-state index contributed by atoms with van der Waals surface area (Å²) in [6, 6.07) is 5.21. The molecule has 0 fully saturated rings. The first-order chi connectivity index (χ1) is 7.60. The Morgan fingerprint density at radius 2 is 2.19 bits per heavy atom. The van der Waals surface area contributed by atoms with Gasteiger partial charge in [0.25, 0.3) is 0 Å². The Hall–Kier alpha value is -1.59. The van der Waals surface area contributed by atoms with Crippen LogP contribution in [0.2, 0.25) is 0 Å². The van der Waals surface area contributed by atoms with Crippen LogP contribution in [-0.2, 0) is 11.3 Å². The molecule has 5 nitrogen and oxygen atoms in total. The summed E-state index contributed by atoms with van der Waals surface area (Å²) in [7, 11) is 5.13. The Morgan fingerprint density at radius 3 is 2.69 bits per heavy atom. The SMILES string of the molecule is COC(=O)c1ccc(N(C)C)c(CNO)c1. The Balaban J connectivity index is 3.11. The van der Waals surface area contributed by atoms with E-state index in [2.05, 4.69) is 10.2 Å². The number of carbonyl (C=O) groups is 1. The molecule has 16 heavy (non-hydrogen) atoms. The van der Waals surface area contributed by atoms with Gasteiger partial charge in [-0.05, 0) is 23.8 Å². The molecule has 0 saturated heterocycles. The van der Waals surface area contributed by atoms with Gasteiger partial charge in [-0.3, -0.25) is 0 Å². The predicted octanol–water partition coefficient (Wildman–Crippen LogP) is 1.02. The summed E-state index contributed by atoms with van der Waals surface area (Å²) in [5, 5.41) is 8.73. The van der Waals surface area contributed by atoms with E-state index in [-0.39, 0.29) is 12.5 Å². The summed E-state index contributed by atoms with van der Waals surface area (Å²) in [5.41, 5.74) is 4.32. The Bertz CT molecular complexity index is 377. The second-order valence-electron chi connectivity index (χ2n) is 3.56.